The number of nitrogens with zero attached hydrogens (tertiary/aromatic N) is 3. The molecule has 6 rings (SSSR count). The van der Waals surface area contributed by atoms with Gasteiger partial charge in [-0.2, -0.15) is 5.10 Å². The maximum Gasteiger partial charge on any atom is 0.211 e. The molecule has 3 atom stereocenters. The van der Waals surface area contributed by atoms with E-state index in [9.17, 15) is 12.8 Å². The minimum Gasteiger partial charge on any atom is -0.233 e. The van der Waals surface area contributed by atoms with Gasteiger partial charge in [-0.3, -0.25) is 0 Å². The lowest BCUT2D eigenvalue weighted by Crippen LogP contribution is -2.33. The zero-order chi connectivity index (χ0) is 23.8. The molecule has 0 amide bonds. The first kappa shape index (κ1) is 21.5. The van der Waals surface area contributed by atoms with Gasteiger partial charge in [0.05, 0.1) is 23.7 Å². The molecule has 0 N–H and O–H groups in total. The van der Waals surface area contributed by atoms with Crippen molar-refractivity contribution in [1.82, 2.24) is 14.1 Å². The highest BCUT2D eigenvalue weighted by Crippen LogP contribution is 2.70. The molecule has 0 radical (unpaired) electrons. The highest BCUT2D eigenvalue weighted by atomic mass is 32.2. The minimum atomic E-state index is -3.27. The maximum atomic E-state index is 13.4. The van der Waals surface area contributed by atoms with E-state index in [0.717, 1.165) is 22.2 Å². The van der Waals surface area contributed by atoms with Crippen LogP contribution < -0.4 is 0 Å². The number of halogens is 1. The summed E-state index contributed by atoms with van der Waals surface area (Å²) in [6.45, 7) is 5.23. The largest absolute Gasteiger partial charge is 0.233 e. The van der Waals surface area contributed by atoms with E-state index in [1.165, 1.54) is 35.1 Å². The molecule has 1 aliphatic carbocycles. The van der Waals surface area contributed by atoms with Crippen molar-refractivity contribution in [3.05, 3.63) is 94.9 Å². The molecule has 0 unspecified atom stereocenters. The Labute approximate surface area is 198 Å². The number of aromatic nitrogens is 2. The van der Waals surface area contributed by atoms with E-state index in [2.05, 4.69) is 55.3 Å². The van der Waals surface area contributed by atoms with Crippen molar-refractivity contribution in [3.63, 3.8) is 0 Å². The van der Waals surface area contributed by atoms with Gasteiger partial charge in [0, 0.05) is 29.8 Å². The lowest BCUT2D eigenvalue weighted by molar-refractivity contribution is 0.425. The first-order chi connectivity index (χ1) is 16.2. The Kier molecular flexibility index (Phi) is 4.57. The van der Waals surface area contributed by atoms with Gasteiger partial charge in [-0.1, -0.05) is 29.8 Å². The summed E-state index contributed by atoms with van der Waals surface area (Å²) in [6.07, 6.45) is 3.14. The van der Waals surface area contributed by atoms with Crippen molar-refractivity contribution in [2.24, 2.45) is 5.92 Å². The molecule has 3 aromatic carbocycles. The smallest absolute Gasteiger partial charge is 0.211 e. The van der Waals surface area contributed by atoms with E-state index in [1.807, 2.05) is 10.9 Å². The van der Waals surface area contributed by atoms with Crippen LogP contribution in [-0.4, -0.2) is 41.8 Å². The zero-order valence-electron chi connectivity index (χ0n) is 19.4. The van der Waals surface area contributed by atoms with E-state index in [1.54, 1.807) is 16.4 Å². The number of sulfonamides is 1. The quantitative estimate of drug-likeness (QED) is 0.430. The van der Waals surface area contributed by atoms with Crippen molar-refractivity contribution in [2.75, 3.05) is 19.3 Å². The van der Waals surface area contributed by atoms with Gasteiger partial charge in [0.25, 0.3) is 0 Å². The number of piperidine rings is 1. The molecule has 0 bridgehead atoms. The van der Waals surface area contributed by atoms with Crippen LogP contribution >= 0.6 is 0 Å². The third-order valence-electron chi connectivity index (χ3n) is 7.71. The summed E-state index contributed by atoms with van der Waals surface area (Å²) < 4.78 is 41.8. The Balaban J connectivity index is 1.48. The Morgan fingerprint density at radius 3 is 2.53 bits per heavy atom. The van der Waals surface area contributed by atoms with Crippen LogP contribution in [0.4, 0.5) is 4.39 Å². The number of aryl methyl sites for hydroxylation is 2. The van der Waals surface area contributed by atoms with Crippen LogP contribution in [0.15, 0.2) is 66.9 Å². The van der Waals surface area contributed by atoms with Crippen molar-refractivity contribution in [3.8, 4) is 5.69 Å². The number of hydrogen-bond donors (Lipinski definition) is 0. The molecule has 1 saturated carbocycles. The van der Waals surface area contributed by atoms with Crippen LogP contribution in [0.2, 0.25) is 0 Å². The average Bonchev–Trinajstić information content (AvgIpc) is 3.07. The van der Waals surface area contributed by atoms with Gasteiger partial charge in [-0.15, -0.1) is 0 Å². The fourth-order valence-electron chi connectivity index (χ4n) is 6.14. The molecular formula is C27H26FN3O2S. The third kappa shape index (κ3) is 3.14. The molecule has 1 aromatic heterocycles. The number of rotatable bonds is 4. The molecule has 7 heteroatoms. The van der Waals surface area contributed by atoms with Gasteiger partial charge in [-0.25, -0.2) is 21.8 Å². The summed E-state index contributed by atoms with van der Waals surface area (Å²) in [7, 11) is -3.27. The van der Waals surface area contributed by atoms with E-state index in [0.29, 0.717) is 13.1 Å². The molecule has 2 aliphatic rings. The van der Waals surface area contributed by atoms with Crippen LogP contribution in [0, 0.1) is 25.6 Å². The topological polar surface area (TPSA) is 55.2 Å². The van der Waals surface area contributed by atoms with Gasteiger partial charge < -0.3 is 0 Å². The molecule has 174 valence electrons. The lowest BCUT2D eigenvalue weighted by Gasteiger charge is -2.24. The van der Waals surface area contributed by atoms with Crippen LogP contribution in [0.5, 0.6) is 0 Å². The Morgan fingerprint density at radius 1 is 1.06 bits per heavy atom. The molecule has 0 spiro atoms. The SMILES string of the molecule is Cc1cccc([C@@H]2[C@H]3CN(S(C)(=O)=O)C[C@]32c2cc3cnn(-c4ccc(F)cc4)c3cc2C)c1. The molecule has 34 heavy (non-hydrogen) atoms. The maximum absolute atomic E-state index is 13.4. The molecule has 2 heterocycles. The predicted molar refractivity (Wildman–Crippen MR) is 131 cm³/mol. The van der Waals surface area contributed by atoms with E-state index in [4.69, 9.17) is 0 Å². The van der Waals surface area contributed by atoms with Crippen LogP contribution in [0.1, 0.15) is 28.2 Å². The Hall–Kier alpha value is -3.03. The summed E-state index contributed by atoms with van der Waals surface area (Å²) in [5, 5.41) is 5.56. The second kappa shape index (κ2) is 7.23. The van der Waals surface area contributed by atoms with Gasteiger partial charge in [0.2, 0.25) is 10.0 Å². The minimum absolute atomic E-state index is 0.243. The molecule has 1 saturated heterocycles. The van der Waals surface area contributed by atoms with Gasteiger partial charge >= 0.3 is 0 Å². The summed E-state index contributed by atoms with van der Waals surface area (Å²) in [5.41, 5.74) is 6.31. The highest BCUT2D eigenvalue weighted by molar-refractivity contribution is 7.88. The second-order valence-corrected chi connectivity index (χ2v) is 11.8. The van der Waals surface area contributed by atoms with Gasteiger partial charge in [0.15, 0.2) is 0 Å². The Bertz CT molecular complexity index is 1540. The van der Waals surface area contributed by atoms with E-state index >= 15 is 0 Å². The van der Waals surface area contributed by atoms with Crippen LogP contribution in [-0.2, 0) is 15.4 Å². The first-order valence-electron chi connectivity index (χ1n) is 11.4. The normalized spacial score (nSPS) is 24.5. The monoisotopic (exact) mass is 475 g/mol. The molecule has 5 nitrogen and oxygen atoms in total. The standard InChI is InChI=1S/C27H26FN3O2S/c1-17-5-4-6-19(11-17)26-24-15-30(34(3,32)33)16-27(24,26)23-13-20-14-29-31(25(20)12-18(23)2)22-9-7-21(28)8-10-22/h4-14,24,26H,15-16H2,1-3H3/t24-,26-,27+/m1/s1. The number of hydrogen-bond acceptors (Lipinski definition) is 3. The summed E-state index contributed by atoms with van der Waals surface area (Å²) in [4.78, 5) is 0. The Morgan fingerprint density at radius 2 is 1.82 bits per heavy atom. The second-order valence-electron chi connectivity index (χ2n) is 9.85. The summed E-state index contributed by atoms with van der Waals surface area (Å²) in [5.74, 6) is 0.248. The van der Waals surface area contributed by atoms with Crippen molar-refractivity contribution < 1.29 is 12.8 Å². The first-order valence-corrected chi connectivity index (χ1v) is 13.3. The molecular weight excluding hydrogens is 449 g/mol. The summed E-state index contributed by atoms with van der Waals surface area (Å²) in [6, 6.07) is 19.2. The van der Waals surface area contributed by atoms with Gasteiger partial charge in [-0.05, 0) is 72.9 Å². The number of benzene rings is 3. The molecule has 2 fully saturated rings. The zero-order valence-corrected chi connectivity index (χ0v) is 20.2. The van der Waals surface area contributed by atoms with E-state index < -0.39 is 10.0 Å². The molecule has 4 aromatic rings. The molecule has 1 aliphatic heterocycles. The summed E-state index contributed by atoms with van der Waals surface area (Å²) >= 11 is 0. The van der Waals surface area contributed by atoms with Crippen molar-refractivity contribution >= 4 is 20.9 Å². The van der Waals surface area contributed by atoms with E-state index in [-0.39, 0.29) is 23.1 Å². The fourth-order valence-corrected chi connectivity index (χ4v) is 7.02. The van der Waals surface area contributed by atoms with Crippen molar-refractivity contribution in [2.45, 2.75) is 25.2 Å². The lowest BCUT2D eigenvalue weighted by atomic mass is 9.86. The van der Waals surface area contributed by atoms with Crippen LogP contribution in [0.25, 0.3) is 16.6 Å². The average molecular weight is 476 g/mol. The predicted octanol–water partition coefficient (Wildman–Crippen LogP) is 4.71. The number of fused-ring (bicyclic) bond motifs is 2. The fraction of sp³-hybridized carbons (Fsp3) is 0.296. The highest BCUT2D eigenvalue weighted by Gasteiger charge is 2.71. The van der Waals surface area contributed by atoms with Crippen molar-refractivity contribution in [1.29, 1.82) is 0 Å². The third-order valence-corrected chi connectivity index (χ3v) is 8.92. The van der Waals surface area contributed by atoms with Crippen LogP contribution in [0.3, 0.4) is 0 Å². The van der Waals surface area contributed by atoms with Gasteiger partial charge in [0.1, 0.15) is 5.82 Å².